The van der Waals surface area contributed by atoms with E-state index in [0.717, 1.165) is 29.7 Å². The van der Waals surface area contributed by atoms with Gasteiger partial charge < -0.3 is 14.4 Å². The lowest BCUT2D eigenvalue weighted by Gasteiger charge is -2.16. The molecule has 0 saturated carbocycles. The number of methoxy groups -OCH3 is 1. The number of carbonyl (C=O) groups excluding carboxylic acids is 1. The van der Waals surface area contributed by atoms with Crippen molar-refractivity contribution < 1.29 is 9.53 Å². The van der Waals surface area contributed by atoms with Crippen LogP contribution >= 0.6 is 15.9 Å². The minimum absolute atomic E-state index is 0.260. The van der Waals surface area contributed by atoms with Crippen LogP contribution in [0.4, 0.5) is 0 Å². The first-order valence-electron chi connectivity index (χ1n) is 6.03. The summed E-state index contributed by atoms with van der Waals surface area (Å²) in [6.45, 7) is 3.45. The molecule has 1 aromatic rings. The Kier molecular flexibility index (Phi) is 6.36. The number of ketones is 1. The first kappa shape index (κ1) is 15.2. The zero-order chi connectivity index (χ0) is 13.5. The van der Waals surface area contributed by atoms with Crippen molar-refractivity contribution in [1.29, 1.82) is 0 Å². The molecule has 1 rings (SSSR count). The molecule has 0 aliphatic heterocycles. The summed E-state index contributed by atoms with van der Waals surface area (Å²) in [6.07, 6.45) is 1.58. The van der Waals surface area contributed by atoms with Crippen molar-refractivity contribution >= 4 is 21.7 Å². The third kappa shape index (κ3) is 5.19. The Morgan fingerprint density at radius 1 is 1.44 bits per heavy atom. The summed E-state index contributed by atoms with van der Waals surface area (Å²) in [6, 6.07) is 6.09. The molecular formula is C14H20BrNO2. The van der Waals surface area contributed by atoms with Crippen LogP contribution in [0.15, 0.2) is 22.7 Å². The summed E-state index contributed by atoms with van der Waals surface area (Å²) < 4.78 is 6.17. The standard InChI is InChI=1S/C14H20BrNO2/c1-11(17)5-4-8-16(2)10-12-6-7-14(18-3)13(15)9-12/h6-7,9H,4-5,8,10H2,1-3H3. The van der Waals surface area contributed by atoms with E-state index in [4.69, 9.17) is 4.74 Å². The molecule has 18 heavy (non-hydrogen) atoms. The fourth-order valence-electron chi connectivity index (χ4n) is 1.80. The molecule has 0 unspecified atom stereocenters. The van der Waals surface area contributed by atoms with Gasteiger partial charge in [0.1, 0.15) is 11.5 Å². The highest BCUT2D eigenvalue weighted by atomic mass is 79.9. The average molecular weight is 314 g/mol. The van der Waals surface area contributed by atoms with Crippen LogP contribution in [0.5, 0.6) is 5.75 Å². The smallest absolute Gasteiger partial charge is 0.133 e. The minimum atomic E-state index is 0.260. The molecule has 0 amide bonds. The monoisotopic (exact) mass is 313 g/mol. The first-order valence-corrected chi connectivity index (χ1v) is 6.82. The normalized spacial score (nSPS) is 10.7. The SMILES string of the molecule is COc1ccc(CN(C)CCCC(C)=O)cc1Br. The van der Waals surface area contributed by atoms with Gasteiger partial charge in [-0.25, -0.2) is 0 Å². The minimum Gasteiger partial charge on any atom is -0.496 e. The Hall–Kier alpha value is -0.870. The Balaban J connectivity index is 2.46. The number of benzene rings is 1. The Labute approximate surface area is 117 Å². The van der Waals surface area contributed by atoms with E-state index in [1.807, 2.05) is 6.07 Å². The number of hydrogen-bond donors (Lipinski definition) is 0. The molecule has 0 aliphatic carbocycles. The predicted molar refractivity (Wildman–Crippen MR) is 76.9 cm³/mol. The van der Waals surface area contributed by atoms with E-state index in [-0.39, 0.29) is 5.78 Å². The number of hydrogen-bond acceptors (Lipinski definition) is 3. The van der Waals surface area contributed by atoms with Gasteiger partial charge in [0.15, 0.2) is 0 Å². The van der Waals surface area contributed by atoms with Crippen LogP contribution in [0.2, 0.25) is 0 Å². The summed E-state index contributed by atoms with van der Waals surface area (Å²) >= 11 is 3.48. The van der Waals surface area contributed by atoms with Gasteiger partial charge in [-0.3, -0.25) is 0 Å². The fraction of sp³-hybridized carbons (Fsp3) is 0.500. The number of halogens is 1. The van der Waals surface area contributed by atoms with Crippen LogP contribution in [0, 0.1) is 0 Å². The van der Waals surface area contributed by atoms with E-state index in [1.54, 1.807) is 14.0 Å². The Morgan fingerprint density at radius 3 is 2.72 bits per heavy atom. The van der Waals surface area contributed by atoms with Crippen molar-refractivity contribution in [2.24, 2.45) is 0 Å². The second-order valence-electron chi connectivity index (χ2n) is 4.51. The molecule has 0 saturated heterocycles. The van der Waals surface area contributed by atoms with Gasteiger partial charge in [-0.05, 0) is 60.6 Å². The summed E-state index contributed by atoms with van der Waals surface area (Å²) in [5.74, 6) is 1.11. The van der Waals surface area contributed by atoms with Crippen molar-refractivity contribution in [1.82, 2.24) is 4.90 Å². The van der Waals surface area contributed by atoms with E-state index < -0.39 is 0 Å². The summed E-state index contributed by atoms with van der Waals surface area (Å²) in [4.78, 5) is 13.1. The Morgan fingerprint density at radius 2 is 2.17 bits per heavy atom. The number of nitrogens with zero attached hydrogens (tertiary/aromatic N) is 1. The van der Waals surface area contributed by atoms with E-state index in [2.05, 4.69) is 40.0 Å². The van der Waals surface area contributed by atoms with Crippen molar-refractivity contribution in [3.05, 3.63) is 28.2 Å². The van der Waals surface area contributed by atoms with Gasteiger partial charge in [-0.1, -0.05) is 6.07 Å². The number of Topliss-reactive ketones (excluding diaryl/α,β-unsaturated/α-hetero) is 1. The molecule has 3 nitrogen and oxygen atoms in total. The average Bonchev–Trinajstić information content (AvgIpc) is 2.28. The van der Waals surface area contributed by atoms with Gasteiger partial charge in [-0.2, -0.15) is 0 Å². The highest BCUT2D eigenvalue weighted by Crippen LogP contribution is 2.25. The van der Waals surface area contributed by atoms with Gasteiger partial charge in [0.2, 0.25) is 0 Å². The molecule has 0 N–H and O–H groups in total. The van der Waals surface area contributed by atoms with Gasteiger partial charge in [0.25, 0.3) is 0 Å². The summed E-state index contributed by atoms with van der Waals surface area (Å²) in [5, 5.41) is 0. The molecule has 4 heteroatoms. The van der Waals surface area contributed by atoms with Crippen LogP contribution in [-0.4, -0.2) is 31.4 Å². The Bertz CT molecular complexity index is 407. The molecule has 1 aromatic carbocycles. The lowest BCUT2D eigenvalue weighted by molar-refractivity contribution is -0.117. The summed E-state index contributed by atoms with van der Waals surface area (Å²) in [5.41, 5.74) is 1.23. The van der Waals surface area contributed by atoms with Crippen LogP contribution in [0.25, 0.3) is 0 Å². The second-order valence-corrected chi connectivity index (χ2v) is 5.37. The highest BCUT2D eigenvalue weighted by molar-refractivity contribution is 9.10. The topological polar surface area (TPSA) is 29.5 Å². The van der Waals surface area contributed by atoms with Crippen molar-refractivity contribution in [2.45, 2.75) is 26.3 Å². The third-order valence-electron chi connectivity index (χ3n) is 2.74. The molecular weight excluding hydrogens is 294 g/mol. The molecule has 0 bridgehead atoms. The van der Waals surface area contributed by atoms with E-state index in [9.17, 15) is 4.79 Å². The third-order valence-corrected chi connectivity index (χ3v) is 3.36. The first-order chi connectivity index (χ1) is 8.52. The van der Waals surface area contributed by atoms with Gasteiger partial charge in [-0.15, -0.1) is 0 Å². The van der Waals surface area contributed by atoms with E-state index >= 15 is 0 Å². The highest BCUT2D eigenvalue weighted by Gasteiger charge is 2.05. The molecule has 0 radical (unpaired) electrons. The van der Waals surface area contributed by atoms with Crippen LogP contribution in [-0.2, 0) is 11.3 Å². The zero-order valence-corrected chi connectivity index (χ0v) is 12.8. The maximum absolute atomic E-state index is 10.9. The zero-order valence-electron chi connectivity index (χ0n) is 11.2. The number of ether oxygens (including phenoxy) is 1. The predicted octanol–water partition coefficient (Wildman–Crippen LogP) is 3.26. The summed E-state index contributed by atoms with van der Waals surface area (Å²) in [7, 11) is 3.73. The van der Waals surface area contributed by atoms with E-state index in [1.165, 1.54) is 5.56 Å². The second kappa shape index (κ2) is 7.54. The van der Waals surface area contributed by atoms with Gasteiger partial charge >= 0.3 is 0 Å². The van der Waals surface area contributed by atoms with Crippen LogP contribution in [0.1, 0.15) is 25.3 Å². The van der Waals surface area contributed by atoms with Crippen LogP contribution < -0.4 is 4.74 Å². The molecule has 100 valence electrons. The van der Waals surface area contributed by atoms with Crippen molar-refractivity contribution in [2.75, 3.05) is 20.7 Å². The number of carbonyl (C=O) groups is 1. The van der Waals surface area contributed by atoms with Crippen molar-refractivity contribution in [3.63, 3.8) is 0 Å². The molecule has 0 heterocycles. The fourth-order valence-corrected chi connectivity index (χ4v) is 2.38. The molecule has 0 aromatic heterocycles. The van der Waals surface area contributed by atoms with Gasteiger partial charge in [0.05, 0.1) is 11.6 Å². The lowest BCUT2D eigenvalue weighted by atomic mass is 10.2. The van der Waals surface area contributed by atoms with Crippen LogP contribution in [0.3, 0.4) is 0 Å². The molecule has 0 aliphatic rings. The number of rotatable bonds is 7. The van der Waals surface area contributed by atoms with Crippen molar-refractivity contribution in [3.8, 4) is 5.75 Å². The molecule has 0 spiro atoms. The van der Waals surface area contributed by atoms with Gasteiger partial charge in [0, 0.05) is 13.0 Å². The quantitative estimate of drug-likeness (QED) is 0.774. The molecule has 0 fully saturated rings. The maximum atomic E-state index is 10.9. The van der Waals surface area contributed by atoms with E-state index in [0.29, 0.717) is 6.42 Å². The maximum Gasteiger partial charge on any atom is 0.133 e. The lowest BCUT2D eigenvalue weighted by Crippen LogP contribution is -2.19. The molecule has 0 atom stereocenters. The largest absolute Gasteiger partial charge is 0.496 e.